The van der Waals surface area contributed by atoms with E-state index in [-0.39, 0.29) is 23.3 Å². The first kappa shape index (κ1) is 21.6. The molecule has 2 heterocycles. The molecule has 1 aromatic heterocycles. The van der Waals surface area contributed by atoms with E-state index in [0.29, 0.717) is 11.3 Å². The molecule has 0 spiro atoms. The molecule has 1 aliphatic rings. The number of anilines is 1. The largest absolute Gasteiger partial charge is 0.419 e. The van der Waals surface area contributed by atoms with E-state index >= 15 is 0 Å². The monoisotopic (exact) mass is 429 g/mol. The molecule has 5 N–H and O–H groups in total. The molecule has 1 fully saturated rings. The first-order valence-corrected chi connectivity index (χ1v) is 10.6. The van der Waals surface area contributed by atoms with Crippen molar-refractivity contribution in [2.24, 2.45) is 0 Å². The topological polar surface area (TPSA) is 124 Å². The molecule has 0 radical (unpaired) electrons. The number of likely N-dealkylation sites (tertiary alicyclic amines) is 1. The van der Waals surface area contributed by atoms with E-state index in [1.54, 1.807) is 18.3 Å². The van der Waals surface area contributed by atoms with Crippen molar-refractivity contribution in [3.63, 3.8) is 0 Å². The highest BCUT2D eigenvalue weighted by Gasteiger charge is 2.17. The number of hydrogen-bond acceptors (Lipinski definition) is 8. The van der Waals surface area contributed by atoms with Crippen LogP contribution in [-0.2, 0) is 17.8 Å². The Morgan fingerprint density at radius 2 is 1.72 bits per heavy atom. The van der Waals surface area contributed by atoms with Crippen LogP contribution in [0.4, 0.5) is 5.82 Å². The number of benzene rings is 2. The van der Waals surface area contributed by atoms with Crippen LogP contribution in [0, 0.1) is 10.8 Å². The number of nitrogens with zero attached hydrogens (tertiary/aromatic N) is 3. The Morgan fingerprint density at radius 1 is 1.03 bits per heavy atom. The number of ether oxygens (including phenoxy) is 1. The zero-order valence-corrected chi connectivity index (χ0v) is 18.1. The molecular formula is C24H27N7O. The molecular weight excluding hydrogens is 402 g/mol. The maximum absolute atomic E-state index is 8.30. The van der Waals surface area contributed by atoms with E-state index in [0.717, 1.165) is 37.3 Å². The van der Waals surface area contributed by atoms with Crippen molar-refractivity contribution >= 4 is 17.6 Å². The molecule has 32 heavy (non-hydrogen) atoms. The van der Waals surface area contributed by atoms with Crippen LogP contribution in [0.15, 0.2) is 54.7 Å². The van der Waals surface area contributed by atoms with E-state index in [1.165, 1.54) is 12.0 Å². The lowest BCUT2D eigenvalue weighted by Gasteiger charge is -2.30. The van der Waals surface area contributed by atoms with E-state index in [1.807, 2.05) is 31.3 Å². The summed E-state index contributed by atoms with van der Waals surface area (Å²) in [6, 6.07) is 15.6. The van der Waals surface area contributed by atoms with Crippen LogP contribution in [0.3, 0.4) is 0 Å². The van der Waals surface area contributed by atoms with Gasteiger partial charge in [-0.05, 0) is 49.8 Å². The van der Waals surface area contributed by atoms with Crippen LogP contribution < -0.4 is 11.1 Å². The first-order valence-electron chi connectivity index (χ1n) is 10.6. The van der Waals surface area contributed by atoms with Crippen molar-refractivity contribution < 1.29 is 4.74 Å². The van der Waals surface area contributed by atoms with Crippen molar-refractivity contribution in [1.29, 1.82) is 10.8 Å². The molecule has 3 aromatic rings. The van der Waals surface area contributed by atoms with Gasteiger partial charge >= 0.3 is 0 Å². The zero-order chi connectivity index (χ0) is 22.5. The van der Waals surface area contributed by atoms with Gasteiger partial charge in [-0.15, -0.1) is 0 Å². The van der Waals surface area contributed by atoms with Gasteiger partial charge in [-0.25, -0.2) is 9.97 Å². The zero-order valence-electron chi connectivity index (χ0n) is 18.1. The SMILES string of the molecule is CNCc1ccc(C(=N)OC(=N)c2nc(-c3ccc(CN4CCC4)cc3)cnc2N)cc1. The summed E-state index contributed by atoms with van der Waals surface area (Å²) in [7, 11) is 1.88. The van der Waals surface area contributed by atoms with Gasteiger partial charge in [0, 0.05) is 24.2 Å². The smallest absolute Gasteiger partial charge is 0.243 e. The standard InChI is InChI=1S/C24H27N7O/c1-28-13-16-3-9-19(10-4-16)23(26)32-24(27)21-22(25)29-14-20(30-21)18-7-5-17(6-8-18)15-31-11-2-12-31/h3-10,14,26-28H,2,11-13,15H2,1H3,(H2,25,29). The number of nitrogens with two attached hydrogens (primary N) is 1. The fraction of sp³-hybridized carbons (Fsp3) is 0.250. The molecule has 8 nitrogen and oxygen atoms in total. The average molecular weight is 430 g/mol. The Morgan fingerprint density at radius 3 is 2.34 bits per heavy atom. The molecule has 4 rings (SSSR count). The summed E-state index contributed by atoms with van der Waals surface area (Å²) in [5.41, 5.74) is 10.5. The molecule has 0 bridgehead atoms. The molecule has 1 aliphatic heterocycles. The quantitative estimate of drug-likeness (QED) is 0.338. The van der Waals surface area contributed by atoms with Crippen LogP contribution in [0.5, 0.6) is 0 Å². The lowest BCUT2D eigenvalue weighted by Crippen LogP contribution is -2.36. The number of nitrogen functional groups attached to an aromatic ring is 1. The van der Waals surface area contributed by atoms with Crippen LogP contribution in [-0.4, -0.2) is 46.8 Å². The van der Waals surface area contributed by atoms with Gasteiger partial charge in [0.1, 0.15) is 0 Å². The van der Waals surface area contributed by atoms with Gasteiger partial charge in [0.15, 0.2) is 11.5 Å². The minimum absolute atomic E-state index is 0.0883. The summed E-state index contributed by atoms with van der Waals surface area (Å²) in [4.78, 5) is 11.1. The molecule has 0 aliphatic carbocycles. The Kier molecular flexibility index (Phi) is 6.53. The number of nitrogens with one attached hydrogen (secondary N) is 3. The predicted octanol–water partition coefficient (Wildman–Crippen LogP) is 3.02. The second-order valence-electron chi connectivity index (χ2n) is 7.80. The second-order valence-corrected chi connectivity index (χ2v) is 7.80. The summed E-state index contributed by atoms with van der Waals surface area (Å²) in [6.45, 7) is 4.01. The van der Waals surface area contributed by atoms with E-state index in [4.69, 9.17) is 21.3 Å². The maximum Gasteiger partial charge on any atom is 0.243 e. The van der Waals surface area contributed by atoms with Crippen molar-refractivity contribution in [2.75, 3.05) is 25.9 Å². The van der Waals surface area contributed by atoms with Crippen molar-refractivity contribution in [3.8, 4) is 11.3 Å². The third kappa shape index (κ3) is 4.99. The third-order valence-corrected chi connectivity index (χ3v) is 5.42. The van der Waals surface area contributed by atoms with Gasteiger partial charge in [-0.1, -0.05) is 36.4 Å². The fourth-order valence-corrected chi connectivity index (χ4v) is 3.47. The fourth-order valence-electron chi connectivity index (χ4n) is 3.47. The summed E-state index contributed by atoms with van der Waals surface area (Å²) in [5.74, 6) is -0.367. The van der Waals surface area contributed by atoms with Gasteiger partial charge in [-0.2, -0.15) is 0 Å². The lowest BCUT2D eigenvalue weighted by atomic mass is 10.1. The van der Waals surface area contributed by atoms with E-state index in [2.05, 4.69) is 32.3 Å². The van der Waals surface area contributed by atoms with E-state index in [9.17, 15) is 0 Å². The van der Waals surface area contributed by atoms with Gasteiger partial charge in [0.05, 0.1) is 11.9 Å². The van der Waals surface area contributed by atoms with Gasteiger partial charge < -0.3 is 15.8 Å². The van der Waals surface area contributed by atoms with Crippen LogP contribution in [0.25, 0.3) is 11.3 Å². The molecule has 2 aromatic carbocycles. The van der Waals surface area contributed by atoms with Crippen molar-refractivity contribution in [3.05, 3.63) is 77.1 Å². The van der Waals surface area contributed by atoms with Crippen LogP contribution >= 0.6 is 0 Å². The Balaban J connectivity index is 1.46. The molecule has 0 amide bonds. The predicted molar refractivity (Wildman–Crippen MR) is 126 cm³/mol. The Labute approximate surface area is 187 Å². The number of rotatable bonds is 7. The highest BCUT2D eigenvalue weighted by atomic mass is 16.5. The van der Waals surface area contributed by atoms with Crippen molar-refractivity contribution in [1.82, 2.24) is 20.2 Å². The third-order valence-electron chi connectivity index (χ3n) is 5.42. The molecule has 1 saturated heterocycles. The first-order chi connectivity index (χ1) is 15.5. The second kappa shape index (κ2) is 9.67. The Hall–Kier alpha value is -3.62. The summed E-state index contributed by atoms with van der Waals surface area (Å²) >= 11 is 0. The highest BCUT2D eigenvalue weighted by molar-refractivity contribution is 6.05. The maximum atomic E-state index is 8.30. The molecule has 0 saturated carbocycles. The molecule has 8 heteroatoms. The van der Waals surface area contributed by atoms with Crippen LogP contribution in [0.2, 0.25) is 0 Å². The van der Waals surface area contributed by atoms with Gasteiger partial charge in [-0.3, -0.25) is 15.7 Å². The normalized spacial score (nSPS) is 13.4. The Bertz CT molecular complexity index is 1110. The van der Waals surface area contributed by atoms with Gasteiger partial charge in [0.25, 0.3) is 0 Å². The molecule has 0 unspecified atom stereocenters. The summed E-state index contributed by atoms with van der Waals surface area (Å²) < 4.78 is 5.44. The van der Waals surface area contributed by atoms with Crippen LogP contribution in [0.1, 0.15) is 28.8 Å². The number of hydrogen-bond donors (Lipinski definition) is 4. The average Bonchev–Trinajstić information content (AvgIpc) is 2.77. The minimum atomic E-state index is -0.310. The van der Waals surface area contributed by atoms with Gasteiger partial charge in [0.2, 0.25) is 11.8 Å². The highest BCUT2D eigenvalue weighted by Crippen LogP contribution is 2.21. The number of aromatic nitrogens is 2. The molecule has 164 valence electrons. The van der Waals surface area contributed by atoms with E-state index < -0.39 is 0 Å². The minimum Gasteiger partial charge on any atom is -0.419 e. The van der Waals surface area contributed by atoms with Crippen molar-refractivity contribution in [2.45, 2.75) is 19.5 Å². The molecule has 0 atom stereocenters. The summed E-state index contributed by atoms with van der Waals surface area (Å²) in [5, 5.41) is 19.6. The summed E-state index contributed by atoms with van der Waals surface area (Å²) in [6.07, 6.45) is 2.86. The lowest BCUT2D eigenvalue weighted by molar-refractivity contribution is 0.172.